The van der Waals surface area contributed by atoms with Crippen LogP contribution in [0.5, 0.6) is 0 Å². The quantitative estimate of drug-likeness (QED) is 0.806. The molecule has 0 bridgehead atoms. The minimum Gasteiger partial charge on any atom is -0.379 e. The molecule has 1 N–H and O–H groups in total. The second-order valence-electron chi connectivity index (χ2n) is 5.88. The van der Waals surface area contributed by atoms with Crippen LogP contribution < -0.4 is 5.32 Å². The molecule has 104 valence electrons. The normalized spacial score (nSPS) is 37.6. The van der Waals surface area contributed by atoms with Crippen LogP contribution in [0.4, 0.5) is 0 Å². The van der Waals surface area contributed by atoms with Gasteiger partial charge in [-0.05, 0) is 37.6 Å². The fraction of sp³-hybridized carbons (Fsp3) is 0.929. The molecule has 0 saturated carbocycles. The maximum absolute atomic E-state index is 12.5. The minimum atomic E-state index is 0.0182. The molecule has 0 spiro atoms. The predicted molar refractivity (Wildman–Crippen MR) is 71.3 cm³/mol. The van der Waals surface area contributed by atoms with Crippen molar-refractivity contribution in [1.29, 1.82) is 0 Å². The van der Waals surface area contributed by atoms with Crippen LogP contribution in [0.25, 0.3) is 0 Å². The van der Waals surface area contributed by atoms with Crippen molar-refractivity contribution in [2.24, 2.45) is 11.8 Å². The number of rotatable bonds is 2. The number of nitrogens with zero attached hydrogens (tertiary/aromatic N) is 1. The van der Waals surface area contributed by atoms with Gasteiger partial charge in [0.25, 0.3) is 0 Å². The van der Waals surface area contributed by atoms with E-state index < -0.39 is 0 Å². The number of hydrogen-bond donors (Lipinski definition) is 1. The molecular formula is C14H26N2O2. The average molecular weight is 254 g/mol. The molecule has 4 nitrogen and oxygen atoms in total. The molecule has 2 fully saturated rings. The summed E-state index contributed by atoms with van der Waals surface area (Å²) in [6.07, 6.45) is 3.58. The smallest absolute Gasteiger partial charge is 0.240 e. The van der Waals surface area contributed by atoms with Gasteiger partial charge in [0.1, 0.15) is 0 Å². The first kappa shape index (κ1) is 13.8. The van der Waals surface area contributed by atoms with E-state index in [1.165, 1.54) is 6.42 Å². The van der Waals surface area contributed by atoms with Crippen LogP contribution in [0.2, 0.25) is 0 Å². The Hall–Kier alpha value is -0.610. The minimum absolute atomic E-state index is 0.0182. The number of carbonyl (C=O) groups is 1. The van der Waals surface area contributed by atoms with Crippen molar-refractivity contribution in [2.75, 3.05) is 26.7 Å². The van der Waals surface area contributed by atoms with Crippen molar-refractivity contribution >= 4 is 5.91 Å². The lowest BCUT2D eigenvalue weighted by molar-refractivity contribution is -0.140. The topological polar surface area (TPSA) is 41.6 Å². The van der Waals surface area contributed by atoms with Crippen LogP contribution in [-0.2, 0) is 9.53 Å². The Bertz CT molecular complexity index is 296. The number of likely N-dealkylation sites (tertiary alicyclic amines) is 1. The molecule has 2 heterocycles. The van der Waals surface area contributed by atoms with Crippen molar-refractivity contribution in [1.82, 2.24) is 10.2 Å². The fourth-order valence-corrected chi connectivity index (χ4v) is 3.12. The van der Waals surface area contributed by atoms with Crippen molar-refractivity contribution < 1.29 is 9.53 Å². The molecule has 4 unspecified atom stereocenters. The van der Waals surface area contributed by atoms with E-state index in [2.05, 4.69) is 19.2 Å². The van der Waals surface area contributed by atoms with Gasteiger partial charge in [0.2, 0.25) is 5.91 Å². The van der Waals surface area contributed by atoms with Crippen molar-refractivity contribution in [3.8, 4) is 0 Å². The van der Waals surface area contributed by atoms with Crippen molar-refractivity contribution in [3.63, 3.8) is 0 Å². The summed E-state index contributed by atoms with van der Waals surface area (Å²) in [5.41, 5.74) is 0. The molecule has 2 saturated heterocycles. The summed E-state index contributed by atoms with van der Waals surface area (Å²) < 4.78 is 5.48. The van der Waals surface area contributed by atoms with Gasteiger partial charge in [0.05, 0.1) is 12.1 Å². The second-order valence-corrected chi connectivity index (χ2v) is 5.88. The number of piperidine rings is 2. The molecule has 2 rings (SSSR count). The van der Waals surface area contributed by atoms with E-state index in [4.69, 9.17) is 4.74 Å². The highest BCUT2D eigenvalue weighted by Crippen LogP contribution is 2.23. The third kappa shape index (κ3) is 2.86. The van der Waals surface area contributed by atoms with Crippen LogP contribution in [0, 0.1) is 11.8 Å². The van der Waals surface area contributed by atoms with Gasteiger partial charge in [0.15, 0.2) is 0 Å². The third-order valence-corrected chi connectivity index (χ3v) is 4.54. The summed E-state index contributed by atoms with van der Waals surface area (Å²) >= 11 is 0. The second kappa shape index (κ2) is 6.02. The number of amides is 1. The molecule has 0 aliphatic carbocycles. The molecule has 1 amide bonds. The molecule has 2 aliphatic heterocycles. The van der Waals surface area contributed by atoms with E-state index in [0.717, 1.165) is 32.5 Å². The van der Waals surface area contributed by atoms with Crippen LogP contribution in [0.1, 0.15) is 33.1 Å². The third-order valence-electron chi connectivity index (χ3n) is 4.54. The standard InChI is InChI=1S/C14H26N2O2/c1-10-6-8-16(9-12(10)18-3)14(17)13-11(2)5-4-7-15-13/h10-13,15H,4-9H2,1-3H3. The summed E-state index contributed by atoms with van der Waals surface area (Å²) in [6.45, 7) is 6.98. The van der Waals surface area contributed by atoms with Gasteiger partial charge < -0.3 is 15.0 Å². The summed E-state index contributed by atoms with van der Waals surface area (Å²) in [6, 6.07) is 0.0182. The lowest BCUT2D eigenvalue weighted by Gasteiger charge is -2.40. The highest BCUT2D eigenvalue weighted by atomic mass is 16.5. The summed E-state index contributed by atoms with van der Waals surface area (Å²) in [4.78, 5) is 14.5. The maximum atomic E-state index is 12.5. The van der Waals surface area contributed by atoms with E-state index >= 15 is 0 Å². The molecule has 0 aromatic heterocycles. The summed E-state index contributed by atoms with van der Waals surface area (Å²) in [7, 11) is 1.75. The van der Waals surface area contributed by atoms with E-state index in [1.54, 1.807) is 7.11 Å². The van der Waals surface area contributed by atoms with Gasteiger partial charge in [-0.1, -0.05) is 13.8 Å². The monoisotopic (exact) mass is 254 g/mol. The Morgan fingerprint density at radius 1 is 1.28 bits per heavy atom. The average Bonchev–Trinajstić information content (AvgIpc) is 2.39. The summed E-state index contributed by atoms with van der Waals surface area (Å²) in [5, 5.41) is 3.38. The van der Waals surface area contributed by atoms with Gasteiger partial charge in [-0.2, -0.15) is 0 Å². The number of hydrogen-bond acceptors (Lipinski definition) is 3. The number of ether oxygens (including phenoxy) is 1. The highest BCUT2D eigenvalue weighted by Gasteiger charge is 2.35. The predicted octanol–water partition coefficient (Wildman–Crippen LogP) is 1.26. The first-order chi connectivity index (χ1) is 8.63. The Kier molecular flexibility index (Phi) is 4.62. The first-order valence-electron chi connectivity index (χ1n) is 7.18. The van der Waals surface area contributed by atoms with Crippen LogP contribution in [0.3, 0.4) is 0 Å². The highest BCUT2D eigenvalue weighted by molar-refractivity contribution is 5.82. The number of nitrogens with one attached hydrogen (secondary N) is 1. The van der Waals surface area contributed by atoms with E-state index in [1.807, 2.05) is 4.90 Å². The molecule has 0 aromatic rings. The maximum Gasteiger partial charge on any atom is 0.240 e. The van der Waals surface area contributed by atoms with Crippen LogP contribution >= 0.6 is 0 Å². The Morgan fingerprint density at radius 2 is 2.06 bits per heavy atom. The van der Waals surface area contributed by atoms with Crippen molar-refractivity contribution in [2.45, 2.75) is 45.3 Å². The molecule has 4 heteroatoms. The molecular weight excluding hydrogens is 228 g/mol. The molecule has 4 atom stereocenters. The lowest BCUT2D eigenvalue weighted by Crippen LogP contribution is -2.56. The number of carbonyl (C=O) groups excluding carboxylic acids is 1. The van der Waals surface area contributed by atoms with E-state index in [9.17, 15) is 4.79 Å². The molecule has 0 radical (unpaired) electrons. The molecule has 2 aliphatic rings. The van der Waals surface area contributed by atoms with Gasteiger partial charge in [-0.3, -0.25) is 4.79 Å². The molecule has 0 aromatic carbocycles. The van der Waals surface area contributed by atoms with E-state index in [0.29, 0.717) is 11.8 Å². The summed E-state index contributed by atoms with van der Waals surface area (Å²) in [5.74, 6) is 1.28. The largest absolute Gasteiger partial charge is 0.379 e. The Morgan fingerprint density at radius 3 is 2.72 bits per heavy atom. The van der Waals surface area contributed by atoms with Gasteiger partial charge in [-0.25, -0.2) is 0 Å². The SMILES string of the molecule is COC1CN(C(=O)C2NCCCC2C)CCC1C. The Labute approximate surface area is 110 Å². The van der Waals surface area contributed by atoms with Crippen molar-refractivity contribution in [3.05, 3.63) is 0 Å². The first-order valence-corrected chi connectivity index (χ1v) is 7.18. The zero-order valence-electron chi connectivity index (χ0n) is 11.8. The zero-order valence-corrected chi connectivity index (χ0v) is 11.8. The lowest BCUT2D eigenvalue weighted by atomic mass is 9.90. The fourth-order valence-electron chi connectivity index (χ4n) is 3.12. The van der Waals surface area contributed by atoms with Gasteiger partial charge in [0, 0.05) is 20.2 Å². The molecule has 18 heavy (non-hydrogen) atoms. The van der Waals surface area contributed by atoms with Gasteiger partial charge in [-0.15, -0.1) is 0 Å². The van der Waals surface area contributed by atoms with Crippen LogP contribution in [-0.4, -0.2) is 49.7 Å². The Balaban J connectivity index is 1.96. The van der Waals surface area contributed by atoms with E-state index in [-0.39, 0.29) is 18.1 Å². The zero-order chi connectivity index (χ0) is 13.1. The van der Waals surface area contributed by atoms with Gasteiger partial charge >= 0.3 is 0 Å². The number of methoxy groups -OCH3 is 1. The van der Waals surface area contributed by atoms with Crippen LogP contribution in [0.15, 0.2) is 0 Å².